The molecule has 0 aromatic carbocycles. The number of aryl methyl sites for hydroxylation is 1. The molecule has 0 fully saturated rings. The number of ether oxygens (including phenoxy) is 1. The molecule has 3 N–H and O–H groups in total. The summed E-state index contributed by atoms with van der Waals surface area (Å²) < 4.78 is 19.4. The predicted molar refractivity (Wildman–Crippen MR) is 84.6 cm³/mol. The molecule has 0 spiro atoms. The van der Waals surface area contributed by atoms with Gasteiger partial charge in [0.05, 0.1) is 33.0 Å². The van der Waals surface area contributed by atoms with Gasteiger partial charge in [0.1, 0.15) is 19.6 Å². The van der Waals surface area contributed by atoms with Crippen LogP contribution in [0.15, 0.2) is 12.3 Å². The molecule has 23 heavy (non-hydrogen) atoms. The van der Waals surface area contributed by atoms with Gasteiger partial charge in [-0.2, -0.15) is 0 Å². The Bertz CT molecular complexity index is 443. The molecule has 7 heteroatoms. The minimum atomic E-state index is -0.462. The zero-order chi connectivity index (χ0) is 17.1. The summed E-state index contributed by atoms with van der Waals surface area (Å²) >= 11 is 0. The number of hydrogen-bond acceptors (Lipinski definition) is 5. The molecule has 6 nitrogen and oxygen atoms in total. The van der Waals surface area contributed by atoms with Gasteiger partial charge in [-0.25, -0.2) is 9.37 Å². The van der Waals surface area contributed by atoms with Crippen molar-refractivity contribution >= 4 is 0 Å². The van der Waals surface area contributed by atoms with Crippen molar-refractivity contribution in [1.82, 2.24) is 4.98 Å². The second-order valence-corrected chi connectivity index (χ2v) is 5.76. The quantitative estimate of drug-likeness (QED) is 0.383. The van der Waals surface area contributed by atoms with Crippen molar-refractivity contribution in [3.05, 3.63) is 23.6 Å². The first-order valence-corrected chi connectivity index (χ1v) is 7.99. The summed E-state index contributed by atoms with van der Waals surface area (Å²) in [4.78, 5) is 3.91. The fourth-order valence-electron chi connectivity index (χ4n) is 2.65. The van der Waals surface area contributed by atoms with Crippen LogP contribution in [0.2, 0.25) is 0 Å². The summed E-state index contributed by atoms with van der Waals surface area (Å²) in [6, 6.07) is 1.38. The number of aliphatic hydroxyl groups is 3. The summed E-state index contributed by atoms with van der Waals surface area (Å²) in [5.74, 6) is -0.451. The van der Waals surface area contributed by atoms with Gasteiger partial charge in [-0.05, 0) is 31.4 Å². The van der Waals surface area contributed by atoms with E-state index in [0.717, 1.165) is 18.5 Å². The summed E-state index contributed by atoms with van der Waals surface area (Å²) in [7, 11) is 0. The van der Waals surface area contributed by atoms with Gasteiger partial charge >= 0.3 is 0 Å². The Hall–Kier alpha value is -1.28. The minimum Gasteiger partial charge on any atom is -0.476 e. The average Bonchev–Trinajstić information content (AvgIpc) is 2.50. The van der Waals surface area contributed by atoms with Crippen LogP contribution in [0.3, 0.4) is 0 Å². The molecule has 1 heterocycles. The zero-order valence-electron chi connectivity index (χ0n) is 13.7. The number of aromatic nitrogens is 1. The van der Waals surface area contributed by atoms with Crippen molar-refractivity contribution < 1.29 is 28.9 Å². The van der Waals surface area contributed by atoms with Gasteiger partial charge in [-0.1, -0.05) is 0 Å². The van der Waals surface area contributed by atoms with Crippen LogP contribution in [0, 0.1) is 12.7 Å². The number of quaternary nitrogens is 1. The third-order valence-corrected chi connectivity index (χ3v) is 3.93. The fraction of sp³-hybridized carbons (Fsp3) is 0.688. The van der Waals surface area contributed by atoms with E-state index in [1.807, 2.05) is 0 Å². The zero-order valence-corrected chi connectivity index (χ0v) is 13.7. The standard InChI is InChI=1S/C16H28FN2O4/c1-14-12-15(17)16(18-13-14)23-11-3-2-4-19(5-8-20,6-9-21)7-10-22/h12-13,20-22H,2-11H2,1H3/q+1. The van der Waals surface area contributed by atoms with Crippen LogP contribution in [0.1, 0.15) is 18.4 Å². The molecule has 0 saturated carbocycles. The first-order chi connectivity index (χ1) is 11.1. The Kier molecular flexibility index (Phi) is 9.01. The number of rotatable bonds is 12. The van der Waals surface area contributed by atoms with Gasteiger partial charge in [0, 0.05) is 6.20 Å². The largest absolute Gasteiger partial charge is 0.476 e. The van der Waals surface area contributed by atoms with Crippen molar-refractivity contribution in [2.24, 2.45) is 0 Å². The highest BCUT2D eigenvalue weighted by Crippen LogP contribution is 2.15. The van der Waals surface area contributed by atoms with Gasteiger partial charge in [-0.3, -0.25) is 0 Å². The van der Waals surface area contributed by atoms with Gasteiger partial charge in [0.25, 0.3) is 0 Å². The summed E-state index contributed by atoms with van der Waals surface area (Å²) in [6.07, 6.45) is 3.05. The third-order valence-electron chi connectivity index (χ3n) is 3.93. The average molecular weight is 331 g/mol. The first-order valence-electron chi connectivity index (χ1n) is 7.99. The minimum absolute atomic E-state index is 0.00893. The van der Waals surface area contributed by atoms with Crippen LogP contribution in [0.5, 0.6) is 5.88 Å². The van der Waals surface area contributed by atoms with E-state index in [1.165, 1.54) is 6.07 Å². The molecule has 0 aliphatic carbocycles. The predicted octanol–water partition coefficient (Wildman–Crippen LogP) is 0.482. The maximum atomic E-state index is 13.6. The van der Waals surface area contributed by atoms with Gasteiger partial charge in [0.2, 0.25) is 5.88 Å². The normalized spacial score (nSPS) is 11.7. The summed E-state index contributed by atoms with van der Waals surface area (Å²) in [6.45, 7) is 4.35. The first kappa shape index (κ1) is 19.8. The number of hydrogen-bond donors (Lipinski definition) is 3. The van der Waals surface area contributed by atoms with E-state index in [9.17, 15) is 19.7 Å². The smallest absolute Gasteiger partial charge is 0.250 e. The maximum Gasteiger partial charge on any atom is 0.250 e. The van der Waals surface area contributed by atoms with Gasteiger partial charge in [-0.15, -0.1) is 0 Å². The monoisotopic (exact) mass is 331 g/mol. The number of nitrogens with zero attached hydrogens (tertiary/aromatic N) is 2. The molecule has 1 aromatic rings. The van der Waals surface area contributed by atoms with Crippen LogP contribution >= 0.6 is 0 Å². The van der Waals surface area contributed by atoms with E-state index >= 15 is 0 Å². The lowest BCUT2D eigenvalue weighted by molar-refractivity contribution is -0.929. The van der Waals surface area contributed by atoms with Crippen molar-refractivity contribution in [3.63, 3.8) is 0 Å². The van der Waals surface area contributed by atoms with E-state index in [0.29, 0.717) is 37.1 Å². The molecule has 1 aromatic heterocycles. The molecular weight excluding hydrogens is 303 g/mol. The number of halogens is 1. The summed E-state index contributed by atoms with van der Waals surface area (Å²) in [5, 5.41) is 27.6. The van der Waals surface area contributed by atoms with Crippen molar-refractivity contribution in [2.75, 3.05) is 52.6 Å². The molecule has 0 unspecified atom stereocenters. The number of pyridine rings is 1. The Morgan fingerprint density at radius 3 is 2.17 bits per heavy atom. The van der Waals surface area contributed by atoms with Gasteiger partial charge in [0.15, 0.2) is 5.82 Å². The van der Waals surface area contributed by atoms with E-state index in [-0.39, 0.29) is 25.7 Å². The lowest BCUT2D eigenvalue weighted by atomic mass is 10.2. The van der Waals surface area contributed by atoms with E-state index in [2.05, 4.69) is 4.98 Å². The van der Waals surface area contributed by atoms with Crippen LogP contribution in [0.25, 0.3) is 0 Å². The summed E-state index contributed by atoms with van der Waals surface area (Å²) in [5.41, 5.74) is 0.744. The number of unbranched alkanes of at least 4 members (excludes halogenated alkanes) is 1. The lowest BCUT2D eigenvalue weighted by Crippen LogP contribution is -2.53. The Morgan fingerprint density at radius 1 is 1.04 bits per heavy atom. The SMILES string of the molecule is Cc1cnc(OCCCC[N+](CCO)(CCO)CCO)c(F)c1. The molecule has 0 bridgehead atoms. The Balaban J connectivity index is 2.40. The molecular formula is C16H28FN2O4+. The second kappa shape index (κ2) is 10.5. The van der Waals surface area contributed by atoms with Crippen LogP contribution in [0.4, 0.5) is 4.39 Å². The molecule has 0 amide bonds. The Morgan fingerprint density at radius 2 is 1.65 bits per heavy atom. The highest BCUT2D eigenvalue weighted by Gasteiger charge is 2.25. The van der Waals surface area contributed by atoms with Crippen molar-refractivity contribution in [3.8, 4) is 5.88 Å². The molecule has 0 radical (unpaired) electrons. The van der Waals surface area contributed by atoms with Crippen molar-refractivity contribution in [1.29, 1.82) is 0 Å². The highest BCUT2D eigenvalue weighted by molar-refractivity contribution is 5.18. The van der Waals surface area contributed by atoms with Crippen molar-refractivity contribution in [2.45, 2.75) is 19.8 Å². The maximum absolute atomic E-state index is 13.6. The molecule has 1 rings (SSSR count). The second-order valence-electron chi connectivity index (χ2n) is 5.76. The Labute approximate surface area is 136 Å². The van der Waals surface area contributed by atoms with Crippen LogP contribution in [-0.2, 0) is 0 Å². The molecule has 0 aliphatic heterocycles. The molecule has 0 saturated heterocycles. The topological polar surface area (TPSA) is 82.8 Å². The van der Waals surface area contributed by atoms with Gasteiger partial charge < -0.3 is 24.5 Å². The van der Waals surface area contributed by atoms with E-state index in [4.69, 9.17) is 4.74 Å². The fourth-order valence-corrected chi connectivity index (χ4v) is 2.65. The van der Waals surface area contributed by atoms with E-state index in [1.54, 1.807) is 13.1 Å². The molecule has 0 aliphatic rings. The number of aliphatic hydroxyl groups excluding tert-OH is 3. The van der Waals surface area contributed by atoms with Crippen LogP contribution in [-0.4, -0.2) is 77.4 Å². The highest BCUT2D eigenvalue weighted by atomic mass is 19.1. The molecule has 132 valence electrons. The van der Waals surface area contributed by atoms with Crippen LogP contribution < -0.4 is 4.74 Å². The molecule has 0 atom stereocenters. The lowest BCUT2D eigenvalue weighted by Gasteiger charge is -2.37. The third kappa shape index (κ3) is 6.78. The van der Waals surface area contributed by atoms with E-state index < -0.39 is 5.82 Å².